The third-order valence-electron chi connectivity index (χ3n) is 2.90. The predicted molar refractivity (Wildman–Crippen MR) is 73.9 cm³/mol. The minimum atomic E-state index is -0.924. The number of methoxy groups -OCH3 is 1. The molecule has 2 aromatic carbocycles. The van der Waals surface area contributed by atoms with Crippen molar-refractivity contribution >= 4 is 17.6 Å². The monoisotopic (exact) mass is 276 g/mol. The van der Waals surface area contributed by atoms with Gasteiger partial charge in [0, 0.05) is 10.6 Å². The van der Waals surface area contributed by atoms with E-state index in [9.17, 15) is 9.90 Å². The van der Waals surface area contributed by atoms with Crippen LogP contribution in [-0.2, 0) is 4.79 Å². The number of aliphatic carboxylic acids is 1. The smallest absolute Gasteiger partial charge is 0.315 e. The molecular formula is C15H13ClO3. The molecule has 0 heterocycles. The van der Waals surface area contributed by atoms with Crippen molar-refractivity contribution < 1.29 is 14.6 Å². The van der Waals surface area contributed by atoms with Crippen LogP contribution in [0.5, 0.6) is 5.75 Å². The molecule has 98 valence electrons. The van der Waals surface area contributed by atoms with Crippen molar-refractivity contribution in [3.05, 3.63) is 64.7 Å². The predicted octanol–water partition coefficient (Wildman–Crippen LogP) is 3.57. The van der Waals surface area contributed by atoms with Gasteiger partial charge in [-0.3, -0.25) is 4.79 Å². The first-order chi connectivity index (χ1) is 9.13. The van der Waals surface area contributed by atoms with Gasteiger partial charge in [0.2, 0.25) is 0 Å². The Kier molecular flexibility index (Phi) is 4.07. The Hall–Kier alpha value is -2.00. The summed E-state index contributed by atoms with van der Waals surface area (Å²) in [7, 11) is 1.53. The summed E-state index contributed by atoms with van der Waals surface area (Å²) < 4.78 is 5.23. The molecule has 2 aromatic rings. The van der Waals surface area contributed by atoms with Crippen LogP contribution in [0, 0.1) is 0 Å². The fourth-order valence-electron chi connectivity index (χ4n) is 2.02. The van der Waals surface area contributed by atoms with Crippen LogP contribution in [0.25, 0.3) is 0 Å². The second kappa shape index (κ2) is 5.76. The molecule has 0 aliphatic rings. The zero-order valence-electron chi connectivity index (χ0n) is 10.3. The van der Waals surface area contributed by atoms with E-state index in [-0.39, 0.29) is 0 Å². The molecule has 0 radical (unpaired) electrons. The molecule has 0 aliphatic carbocycles. The van der Waals surface area contributed by atoms with Crippen LogP contribution in [0.3, 0.4) is 0 Å². The van der Waals surface area contributed by atoms with Crippen LogP contribution in [0.1, 0.15) is 17.0 Å². The second-order valence-electron chi connectivity index (χ2n) is 4.06. The lowest BCUT2D eigenvalue weighted by Crippen LogP contribution is -2.14. The van der Waals surface area contributed by atoms with E-state index in [4.69, 9.17) is 16.3 Å². The number of benzene rings is 2. The molecule has 3 nitrogen and oxygen atoms in total. The number of para-hydroxylation sites is 1. The van der Waals surface area contributed by atoms with E-state index in [2.05, 4.69) is 0 Å². The highest BCUT2D eigenvalue weighted by Gasteiger charge is 2.24. The highest BCUT2D eigenvalue weighted by Crippen LogP contribution is 2.32. The van der Waals surface area contributed by atoms with E-state index >= 15 is 0 Å². The van der Waals surface area contributed by atoms with E-state index in [1.807, 2.05) is 6.07 Å². The quantitative estimate of drug-likeness (QED) is 0.929. The summed E-state index contributed by atoms with van der Waals surface area (Å²) in [5, 5.41) is 10.1. The highest BCUT2D eigenvalue weighted by molar-refractivity contribution is 6.30. The Labute approximate surface area is 116 Å². The molecule has 0 saturated carbocycles. The number of hydrogen-bond acceptors (Lipinski definition) is 2. The summed E-state index contributed by atoms with van der Waals surface area (Å²) in [6, 6.07) is 13.9. The summed E-state index contributed by atoms with van der Waals surface area (Å²) in [6.45, 7) is 0. The van der Waals surface area contributed by atoms with Gasteiger partial charge < -0.3 is 9.84 Å². The van der Waals surface area contributed by atoms with Gasteiger partial charge in [-0.25, -0.2) is 0 Å². The molecular weight excluding hydrogens is 264 g/mol. The van der Waals surface area contributed by atoms with Crippen molar-refractivity contribution in [1.29, 1.82) is 0 Å². The third kappa shape index (κ3) is 2.88. The van der Waals surface area contributed by atoms with Gasteiger partial charge in [-0.05, 0) is 23.8 Å². The first-order valence-electron chi connectivity index (χ1n) is 5.74. The highest BCUT2D eigenvalue weighted by atomic mass is 35.5. The number of carboxylic acids is 1. The molecule has 0 fully saturated rings. The summed E-state index contributed by atoms with van der Waals surface area (Å²) in [4.78, 5) is 11.6. The number of hydrogen-bond donors (Lipinski definition) is 1. The van der Waals surface area contributed by atoms with Gasteiger partial charge in [0.1, 0.15) is 11.7 Å². The van der Waals surface area contributed by atoms with E-state index in [1.165, 1.54) is 7.11 Å². The van der Waals surface area contributed by atoms with Crippen molar-refractivity contribution in [1.82, 2.24) is 0 Å². The topological polar surface area (TPSA) is 46.5 Å². The number of carboxylic acid groups (broad SMARTS) is 1. The van der Waals surface area contributed by atoms with Crippen molar-refractivity contribution in [2.45, 2.75) is 5.92 Å². The molecule has 0 spiro atoms. The van der Waals surface area contributed by atoms with Crippen molar-refractivity contribution in [2.75, 3.05) is 7.11 Å². The van der Waals surface area contributed by atoms with Gasteiger partial charge in [0.25, 0.3) is 0 Å². The van der Waals surface area contributed by atoms with Gasteiger partial charge in [-0.2, -0.15) is 0 Å². The third-order valence-corrected chi connectivity index (χ3v) is 3.15. The molecule has 1 unspecified atom stereocenters. The summed E-state index contributed by atoms with van der Waals surface area (Å²) >= 11 is 5.83. The zero-order valence-corrected chi connectivity index (χ0v) is 11.1. The molecule has 19 heavy (non-hydrogen) atoms. The van der Waals surface area contributed by atoms with Crippen LogP contribution in [0.2, 0.25) is 5.02 Å². The zero-order chi connectivity index (χ0) is 13.8. The molecule has 0 aliphatic heterocycles. The summed E-state index contributed by atoms with van der Waals surface area (Å²) in [5.41, 5.74) is 1.29. The van der Waals surface area contributed by atoms with E-state index < -0.39 is 11.9 Å². The maximum absolute atomic E-state index is 11.6. The van der Waals surface area contributed by atoms with Gasteiger partial charge in [0.05, 0.1) is 7.11 Å². The van der Waals surface area contributed by atoms with Gasteiger partial charge in [-0.15, -0.1) is 0 Å². The lowest BCUT2D eigenvalue weighted by atomic mass is 9.91. The summed E-state index contributed by atoms with van der Waals surface area (Å²) in [5.74, 6) is -1.13. The van der Waals surface area contributed by atoms with Gasteiger partial charge in [0.15, 0.2) is 0 Å². The summed E-state index contributed by atoms with van der Waals surface area (Å²) in [6.07, 6.45) is 0. The Morgan fingerprint density at radius 3 is 2.37 bits per heavy atom. The van der Waals surface area contributed by atoms with Crippen LogP contribution < -0.4 is 4.74 Å². The number of halogens is 1. The Morgan fingerprint density at radius 1 is 1.16 bits per heavy atom. The maximum Gasteiger partial charge on any atom is 0.315 e. The van der Waals surface area contributed by atoms with E-state index in [0.29, 0.717) is 21.9 Å². The van der Waals surface area contributed by atoms with E-state index in [0.717, 1.165) is 0 Å². The minimum Gasteiger partial charge on any atom is -0.496 e. The van der Waals surface area contributed by atoms with Gasteiger partial charge in [-0.1, -0.05) is 41.9 Å². The molecule has 0 aromatic heterocycles. The number of ether oxygens (including phenoxy) is 1. The lowest BCUT2D eigenvalue weighted by molar-refractivity contribution is -0.137. The maximum atomic E-state index is 11.6. The molecule has 2 rings (SSSR count). The normalized spacial score (nSPS) is 11.9. The first-order valence-corrected chi connectivity index (χ1v) is 6.12. The standard InChI is InChI=1S/C15H13ClO3/c1-19-13-5-3-2-4-12(13)14(15(17)18)10-6-8-11(16)9-7-10/h2-9,14H,1H3,(H,17,18). The van der Waals surface area contributed by atoms with Crippen LogP contribution in [0.15, 0.2) is 48.5 Å². The van der Waals surface area contributed by atoms with Crippen LogP contribution >= 0.6 is 11.6 Å². The van der Waals surface area contributed by atoms with Gasteiger partial charge >= 0.3 is 5.97 Å². The average Bonchev–Trinajstić information content (AvgIpc) is 2.41. The lowest BCUT2D eigenvalue weighted by Gasteiger charge is -2.16. The molecule has 0 saturated heterocycles. The molecule has 1 atom stereocenters. The molecule has 0 bridgehead atoms. The van der Waals surface area contributed by atoms with Crippen LogP contribution in [-0.4, -0.2) is 18.2 Å². The average molecular weight is 277 g/mol. The fraction of sp³-hybridized carbons (Fsp3) is 0.133. The SMILES string of the molecule is COc1ccccc1C(C(=O)O)c1ccc(Cl)cc1. The Bertz CT molecular complexity index is 578. The molecule has 0 amide bonds. The van der Waals surface area contributed by atoms with E-state index in [1.54, 1.807) is 42.5 Å². The molecule has 4 heteroatoms. The second-order valence-corrected chi connectivity index (χ2v) is 4.50. The van der Waals surface area contributed by atoms with Crippen molar-refractivity contribution in [3.63, 3.8) is 0 Å². The first kappa shape index (κ1) is 13.4. The number of carbonyl (C=O) groups is 1. The Morgan fingerprint density at radius 2 is 1.79 bits per heavy atom. The minimum absolute atomic E-state index is 0.560. The molecule has 1 N–H and O–H groups in total. The largest absolute Gasteiger partial charge is 0.496 e. The number of rotatable bonds is 4. The fourth-order valence-corrected chi connectivity index (χ4v) is 2.14. The Balaban J connectivity index is 2.51. The van der Waals surface area contributed by atoms with Crippen LogP contribution in [0.4, 0.5) is 0 Å². The van der Waals surface area contributed by atoms with Crippen molar-refractivity contribution in [2.24, 2.45) is 0 Å². The van der Waals surface area contributed by atoms with Crippen molar-refractivity contribution in [3.8, 4) is 5.75 Å².